The minimum atomic E-state index is -0.333. The van der Waals surface area contributed by atoms with Gasteiger partial charge in [0, 0.05) is 18.4 Å². The predicted octanol–water partition coefficient (Wildman–Crippen LogP) is 4.65. The van der Waals surface area contributed by atoms with Crippen LogP contribution in [-0.2, 0) is 27.2 Å². The van der Waals surface area contributed by atoms with E-state index in [-0.39, 0.29) is 35.6 Å². The van der Waals surface area contributed by atoms with E-state index in [2.05, 4.69) is 0 Å². The van der Waals surface area contributed by atoms with Gasteiger partial charge in [0.2, 0.25) is 0 Å². The zero-order chi connectivity index (χ0) is 20.5. The van der Waals surface area contributed by atoms with E-state index in [4.69, 9.17) is 0 Å². The van der Waals surface area contributed by atoms with Crippen LogP contribution in [0.1, 0.15) is 23.1 Å². The van der Waals surface area contributed by atoms with Crippen molar-refractivity contribution in [3.63, 3.8) is 0 Å². The molecule has 3 aromatic rings. The van der Waals surface area contributed by atoms with Crippen LogP contribution in [0.15, 0.2) is 96.6 Å². The van der Waals surface area contributed by atoms with Gasteiger partial charge < -0.3 is 0 Å². The lowest BCUT2D eigenvalue weighted by Crippen LogP contribution is -2.18. The molecule has 0 saturated carbocycles. The van der Waals surface area contributed by atoms with Gasteiger partial charge in [-0.05, 0) is 23.1 Å². The average molecular weight is 382 g/mol. The number of rotatable bonds is 9. The number of aldehydes is 1. The number of aryl methyl sites for hydroxylation is 1. The van der Waals surface area contributed by atoms with Crippen LogP contribution in [0, 0.1) is 0 Å². The summed E-state index contributed by atoms with van der Waals surface area (Å²) in [6, 6.07) is 27.8. The van der Waals surface area contributed by atoms with Gasteiger partial charge in [0.05, 0.1) is 5.57 Å². The van der Waals surface area contributed by atoms with Crippen molar-refractivity contribution in [2.24, 2.45) is 0 Å². The summed E-state index contributed by atoms with van der Waals surface area (Å²) in [7, 11) is 0. The third kappa shape index (κ3) is 5.45. The second-order valence-electron chi connectivity index (χ2n) is 6.77. The largest absolute Gasteiger partial charge is 0.298 e. The first-order valence-corrected chi connectivity index (χ1v) is 9.58. The zero-order valence-corrected chi connectivity index (χ0v) is 16.1. The van der Waals surface area contributed by atoms with Crippen molar-refractivity contribution in [3.8, 4) is 0 Å². The van der Waals surface area contributed by atoms with Crippen molar-refractivity contribution in [3.05, 3.63) is 113 Å². The molecule has 0 aliphatic carbocycles. The third-order valence-electron chi connectivity index (χ3n) is 4.72. The Morgan fingerprint density at radius 3 is 1.72 bits per heavy atom. The molecule has 0 bridgehead atoms. The molecule has 0 aliphatic heterocycles. The topological polar surface area (TPSA) is 51.2 Å². The van der Waals surface area contributed by atoms with Crippen LogP contribution in [0.4, 0.5) is 0 Å². The van der Waals surface area contributed by atoms with Crippen molar-refractivity contribution in [1.82, 2.24) is 0 Å². The number of Topliss-reactive ketones (excluding diaryl/α,β-unsaturated/α-hetero) is 2. The standard InChI is InChI=1S/C26H22O3/c27-19-23(22-14-8-3-9-15-22)26(25(29)18-21-12-6-2-7-13-21)24(28)17-16-20-10-4-1-5-11-20/h1-15,19H,16-18H2. The maximum atomic E-state index is 13.1. The Morgan fingerprint density at radius 2 is 1.17 bits per heavy atom. The molecule has 0 unspecified atom stereocenters. The van der Waals surface area contributed by atoms with Gasteiger partial charge in [-0.1, -0.05) is 91.0 Å². The fourth-order valence-electron chi connectivity index (χ4n) is 3.24. The number of allylic oxidation sites excluding steroid dienone is 2. The fraction of sp³-hybridized carbons (Fsp3) is 0.115. The maximum Gasteiger partial charge on any atom is 0.171 e. The summed E-state index contributed by atoms with van der Waals surface area (Å²) in [5.74, 6) is -0.638. The van der Waals surface area contributed by atoms with Gasteiger partial charge in [0.1, 0.15) is 0 Å². The molecule has 0 heterocycles. The summed E-state index contributed by atoms with van der Waals surface area (Å²) in [5, 5.41) is 0. The smallest absolute Gasteiger partial charge is 0.171 e. The van der Waals surface area contributed by atoms with Crippen LogP contribution in [0.3, 0.4) is 0 Å². The molecule has 0 aromatic heterocycles. The lowest BCUT2D eigenvalue weighted by molar-refractivity contribution is -0.121. The Kier molecular flexibility index (Phi) is 7.01. The van der Waals surface area contributed by atoms with Crippen molar-refractivity contribution in [2.45, 2.75) is 19.3 Å². The summed E-state index contributed by atoms with van der Waals surface area (Å²) in [6.45, 7) is 0. The minimum absolute atomic E-state index is 0.00835. The van der Waals surface area contributed by atoms with E-state index in [0.717, 1.165) is 11.1 Å². The Balaban J connectivity index is 1.94. The molecule has 3 rings (SSSR count). The Bertz CT molecular complexity index is 1000. The highest BCUT2D eigenvalue weighted by molar-refractivity contribution is 6.32. The van der Waals surface area contributed by atoms with Gasteiger partial charge in [-0.25, -0.2) is 0 Å². The first-order valence-electron chi connectivity index (χ1n) is 9.58. The van der Waals surface area contributed by atoms with Gasteiger partial charge in [0.25, 0.3) is 0 Å². The normalized spacial score (nSPS) is 11.4. The number of hydrogen-bond donors (Lipinski definition) is 0. The molecule has 0 saturated heterocycles. The van der Waals surface area contributed by atoms with Gasteiger partial charge in [0.15, 0.2) is 17.9 Å². The highest BCUT2D eigenvalue weighted by Gasteiger charge is 2.23. The summed E-state index contributed by atoms with van der Waals surface area (Å²) in [6.07, 6.45) is 1.39. The van der Waals surface area contributed by atoms with Crippen LogP contribution in [0.5, 0.6) is 0 Å². The fourth-order valence-corrected chi connectivity index (χ4v) is 3.24. The van der Waals surface area contributed by atoms with E-state index in [1.54, 1.807) is 24.3 Å². The number of hydrogen-bond acceptors (Lipinski definition) is 3. The third-order valence-corrected chi connectivity index (χ3v) is 4.72. The first kappa shape index (κ1) is 20.2. The van der Waals surface area contributed by atoms with Crippen LogP contribution >= 0.6 is 0 Å². The molecule has 0 fully saturated rings. The molecule has 29 heavy (non-hydrogen) atoms. The average Bonchev–Trinajstić information content (AvgIpc) is 2.77. The zero-order valence-electron chi connectivity index (χ0n) is 16.1. The second kappa shape index (κ2) is 10.1. The van der Waals surface area contributed by atoms with Crippen LogP contribution in [-0.4, -0.2) is 17.9 Å². The van der Waals surface area contributed by atoms with Crippen molar-refractivity contribution >= 4 is 23.4 Å². The summed E-state index contributed by atoms with van der Waals surface area (Å²) in [5.41, 5.74) is 2.55. The lowest BCUT2D eigenvalue weighted by atomic mass is 9.90. The molecule has 0 aliphatic rings. The first-order chi connectivity index (χ1) is 14.2. The maximum absolute atomic E-state index is 13.1. The molecule has 0 N–H and O–H groups in total. The van der Waals surface area contributed by atoms with E-state index in [1.807, 2.05) is 66.7 Å². The molecule has 0 amide bonds. The molecule has 0 spiro atoms. The molecule has 144 valence electrons. The Hall–Kier alpha value is -3.59. The van der Waals surface area contributed by atoms with Crippen LogP contribution < -0.4 is 0 Å². The lowest BCUT2D eigenvalue weighted by Gasteiger charge is -2.11. The van der Waals surface area contributed by atoms with E-state index in [0.29, 0.717) is 18.3 Å². The number of carbonyl (C=O) groups is 3. The molecule has 3 aromatic carbocycles. The molecular weight excluding hydrogens is 360 g/mol. The van der Waals surface area contributed by atoms with Gasteiger partial charge in [-0.15, -0.1) is 0 Å². The quantitative estimate of drug-likeness (QED) is 0.234. The van der Waals surface area contributed by atoms with Gasteiger partial charge in [-0.2, -0.15) is 0 Å². The van der Waals surface area contributed by atoms with Crippen molar-refractivity contribution in [1.29, 1.82) is 0 Å². The van der Waals surface area contributed by atoms with E-state index >= 15 is 0 Å². The Labute approximate surface area is 170 Å². The summed E-state index contributed by atoms with van der Waals surface area (Å²) in [4.78, 5) is 38.1. The van der Waals surface area contributed by atoms with E-state index in [9.17, 15) is 14.4 Å². The highest BCUT2D eigenvalue weighted by atomic mass is 16.2. The minimum Gasteiger partial charge on any atom is -0.298 e. The van der Waals surface area contributed by atoms with Crippen LogP contribution in [0.2, 0.25) is 0 Å². The number of ketones is 2. The van der Waals surface area contributed by atoms with Crippen molar-refractivity contribution in [2.75, 3.05) is 0 Å². The molecule has 3 heteroatoms. The molecule has 0 atom stereocenters. The second-order valence-corrected chi connectivity index (χ2v) is 6.77. The number of benzene rings is 3. The van der Waals surface area contributed by atoms with Crippen LogP contribution in [0.25, 0.3) is 5.57 Å². The summed E-state index contributed by atoms with van der Waals surface area (Å²) >= 11 is 0. The monoisotopic (exact) mass is 382 g/mol. The molecule has 3 nitrogen and oxygen atoms in total. The van der Waals surface area contributed by atoms with E-state index < -0.39 is 0 Å². The van der Waals surface area contributed by atoms with Gasteiger partial charge in [-0.3, -0.25) is 14.4 Å². The molecular formula is C26H22O3. The SMILES string of the molecule is O=CC(=C(C(=O)CCc1ccccc1)C(=O)Cc1ccccc1)c1ccccc1. The highest BCUT2D eigenvalue weighted by Crippen LogP contribution is 2.21. The van der Waals surface area contributed by atoms with Crippen molar-refractivity contribution < 1.29 is 14.4 Å². The Morgan fingerprint density at radius 1 is 0.655 bits per heavy atom. The van der Waals surface area contributed by atoms with Gasteiger partial charge >= 0.3 is 0 Å². The van der Waals surface area contributed by atoms with E-state index in [1.165, 1.54) is 0 Å². The number of carbonyl (C=O) groups excluding carboxylic acids is 3. The summed E-state index contributed by atoms with van der Waals surface area (Å²) < 4.78 is 0. The predicted molar refractivity (Wildman–Crippen MR) is 114 cm³/mol. The molecule has 0 radical (unpaired) electrons.